The van der Waals surface area contributed by atoms with Gasteiger partial charge in [-0.15, -0.1) is 11.3 Å². The third-order valence-electron chi connectivity index (χ3n) is 3.07. The molecule has 0 bridgehead atoms. The fraction of sp³-hybridized carbons (Fsp3) is 0.727. The van der Waals surface area contributed by atoms with Crippen molar-refractivity contribution < 1.29 is 0 Å². The highest BCUT2D eigenvalue weighted by molar-refractivity contribution is 9.11. The monoisotopic (exact) mass is 303 g/mol. The van der Waals surface area contributed by atoms with Gasteiger partial charge in [-0.25, -0.2) is 4.98 Å². The molecule has 0 amide bonds. The van der Waals surface area contributed by atoms with Crippen molar-refractivity contribution >= 4 is 27.3 Å². The summed E-state index contributed by atoms with van der Waals surface area (Å²) in [6.45, 7) is 4.60. The van der Waals surface area contributed by atoms with Crippen LogP contribution in [0.25, 0.3) is 0 Å². The zero-order valence-corrected chi connectivity index (χ0v) is 12.1. The second-order valence-electron chi connectivity index (χ2n) is 4.47. The number of hydrogen-bond acceptors (Lipinski definition) is 4. The molecule has 1 fully saturated rings. The molecule has 5 heteroatoms. The predicted octanol–water partition coefficient (Wildman–Crippen LogP) is 2.65. The number of hydrogen-bond donors (Lipinski definition) is 1. The van der Waals surface area contributed by atoms with Crippen LogP contribution in [-0.2, 0) is 0 Å². The molecule has 1 N–H and O–H groups in total. The van der Waals surface area contributed by atoms with Crippen LogP contribution in [0.4, 0.5) is 0 Å². The van der Waals surface area contributed by atoms with E-state index in [4.69, 9.17) is 0 Å². The lowest BCUT2D eigenvalue weighted by molar-refractivity contribution is 0.226. The highest BCUT2D eigenvalue weighted by Crippen LogP contribution is 2.25. The third kappa shape index (κ3) is 3.26. The maximum absolute atomic E-state index is 4.39. The Labute approximate surface area is 109 Å². The van der Waals surface area contributed by atoms with Crippen LogP contribution >= 0.6 is 27.3 Å². The lowest BCUT2D eigenvalue weighted by Gasteiger charge is -2.31. The molecule has 1 saturated heterocycles. The molecule has 1 aromatic rings. The van der Waals surface area contributed by atoms with E-state index in [2.05, 4.69) is 45.1 Å². The molecule has 2 heterocycles. The Morgan fingerprint density at radius 3 is 2.81 bits per heavy atom. The molecule has 1 aromatic heterocycles. The van der Waals surface area contributed by atoms with Crippen LogP contribution in [0, 0.1) is 0 Å². The Hall–Kier alpha value is 0.0300. The molecule has 3 nitrogen and oxygen atoms in total. The summed E-state index contributed by atoms with van der Waals surface area (Å²) in [4.78, 5) is 6.79. The predicted molar refractivity (Wildman–Crippen MR) is 71.9 cm³/mol. The van der Waals surface area contributed by atoms with Crippen molar-refractivity contribution in [3.8, 4) is 0 Å². The van der Waals surface area contributed by atoms with Crippen LogP contribution in [-0.4, -0.2) is 36.1 Å². The van der Waals surface area contributed by atoms with Gasteiger partial charge in [0, 0.05) is 6.04 Å². The average molecular weight is 304 g/mol. The first-order valence-corrected chi connectivity index (χ1v) is 7.32. The van der Waals surface area contributed by atoms with Crippen molar-refractivity contribution in [2.24, 2.45) is 0 Å². The average Bonchev–Trinajstić information content (AvgIpc) is 2.68. The number of halogens is 1. The van der Waals surface area contributed by atoms with Crippen molar-refractivity contribution in [3.05, 3.63) is 15.0 Å². The summed E-state index contributed by atoms with van der Waals surface area (Å²) in [7, 11) is 2.19. The first kappa shape index (κ1) is 12.5. The van der Waals surface area contributed by atoms with Crippen LogP contribution in [0.2, 0.25) is 0 Å². The number of rotatable bonds is 3. The van der Waals surface area contributed by atoms with E-state index in [9.17, 15) is 0 Å². The summed E-state index contributed by atoms with van der Waals surface area (Å²) >= 11 is 5.17. The van der Waals surface area contributed by atoms with Crippen molar-refractivity contribution in [2.45, 2.75) is 31.8 Å². The molecule has 0 aliphatic carbocycles. The summed E-state index contributed by atoms with van der Waals surface area (Å²) in [5.74, 6) is 0. The molecule has 2 rings (SSSR count). The Morgan fingerprint density at radius 2 is 2.25 bits per heavy atom. The minimum Gasteiger partial charge on any atom is -0.306 e. The van der Waals surface area contributed by atoms with Gasteiger partial charge in [-0.2, -0.15) is 0 Å². The van der Waals surface area contributed by atoms with Crippen LogP contribution in [0.3, 0.4) is 0 Å². The van der Waals surface area contributed by atoms with E-state index >= 15 is 0 Å². The molecule has 0 saturated carbocycles. The van der Waals surface area contributed by atoms with Gasteiger partial charge in [0.15, 0.2) is 0 Å². The second kappa shape index (κ2) is 5.58. The molecular formula is C11H18BrN3S. The topological polar surface area (TPSA) is 28.2 Å². The molecule has 0 aromatic carbocycles. The van der Waals surface area contributed by atoms with Gasteiger partial charge in [-0.1, -0.05) is 0 Å². The van der Waals surface area contributed by atoms with Gasteiger partial charge in [0.25, 0.3) is 0 Å². The highest BCUT2D eigenvalue weighted by Gasteiger charge is 2.19. The summed E-state index contributed by atoms with van der Waals surface area (Å²) in [6, 6.07) is 1.01. The van der Waals surface area contributed by atoms with E-state index in [1.807, 2.05) is 6.20 Å². The van der Waals surface area contributed by atoms with E-state index in [1.165, 1.54) is 30.9 Å². The zero-order valence-electron chi connectivity index (χ0n) is 9.74. The normalized spacial score (nSPS) is 21.2. The number of aromatic nitrogens is 1. The minimum atomic E-state index is 0.365. The standard InChI is InChI=1S/C11H18BrN3S/c1-8(11-13-7-10(12)16-11)14-9-3-5-15(2)6-4-9/h7-9,14H,3-6H2,1-2H3. The molecule has 0 spiro atoms. The molecule has 1 aliphatic rings. The Morgan fingerprint density at radius 1 is 1.56 bits per heavy atom. The van der Waals surface area contributed by atoms with Crippen LogP contribution < -0.4 is 5.32 Å². The Bertz CT molecular complexity index is 334. The van der Waals surface area contributed by atoms with Gasteiger partial charge in [0.1, 0.15) is 5.01 Å². The lowest BCUT2D eigenvalue weighted by Crippen LogP contribution is -2.41. The van der Waals surface area contributed by atoms with Gasteiger partial charge in [-0.05, 0) is 55.8 Å². The fourth-order valence-electron chi connectivity index (χ4n) is 2.07. The first-order chi connectivity index (χ1) is 7.65. The van der Waals surface area contributed by atoms with Gasteiger partial charge in [0.05, 0.1) is 16.0 Å². The zero-order chi connectivity index (χ0) is 11.5. The number of piperidine rings is 1. The first-order valence-electron chi connectivity index (χ1n) is 5.71. The number of thiazole rings is 1. The maximum Gasteiger partial charge on any atom is 0.110 e. The van der Waals surface area contributed by atoms with Gasteiger partial charge >= 0.3 is 0 Å². The molecule has 1 atom stereocenters. The van der Waals surface area contributed by atoms with E-state index in [0.29, 0.717) is 12.1 Å². The number of likely N-dealkylation sites (tertiary alicyclic amines) is 1. The van der Waals surface area contributed by atoms with E-state index in [-0.39, 0.29) is 0 Å². The molecule has 90 valence electrons. The van der Waals surface area contributed by atoms with Crippen LogP contribution in [0.15, 0.2) is 9.98 Å². The fourth-order valence-corrected chi connectivity index (χ4v) is 3.32. The van der Waals surface area contributed by atoms with E-state index < -0.39 is 0 Å². The van der Waals surface area contributed by atoms with E-state index in [0.717, 1.165) is 3.79 Å². The smallest absolute Gasteiger partial charge is 0.110 e. The van der Waals surface area contributed by atoms with Crippen LogP contribution in [0.1, 0.15) is 30.8 Å². The highest BCUT2D eigenvalue weighted by atomic mass is 79.9. The van der Waals surface area contributed by atoms with E-state index in [1.54, 1.807) is 11.3 Å². The molecule has 0 radical (unpaired) electrons. The van der Waals surface area contributed by atoms with Crippen molar-refractivity contribution in [3.63, 3.8) is 0 Å². The minimum absolute atomic E-state index is 0.365. The van der Waals surface area contributed by atoms with Crippen molar-refractivity contribution in [2.75, 3.05) is 20.1 Å². The Kier molecular flexibility index (Phi) is 4.35. The second-order valence-corrected chi connectivity index (χ2v) is 6.91. The summed E-state index contributed by atoms with van der Waals surface area (Å²) < 4.78 is 1.11. The summed E-state index contributed by atoms with van der Waals surface area (Å²) in [5, 5.41) is 4.84. The van der Waals surface area contributed by atoms with Crippen molar-refractivity contribution in [1.82, 2.24) is 15.2 Å². The number of nitrogens with one attached hydrogen (secondary N) is 1. The van der Waals surface area contributed by atoms with Gasteiger partial charge in [-0.3, -0.25) is 0 Å². The van der Waals surface area contributed by atoms with Crippen LogP contribution in [0.5, 0.6) is 0 Å². The quantitative estimate of drug-likeness (QED) is 0.930. The van der Waals surface area contributed by atoms with Crippen molar-refractivity contribution in [1.29, 1.82) is 0 Å². The molecule has 16 heavy (non-hydrogen) atoms. The lowest BCUT2D eigenvalue weighted by atomic mass is 10.0. The summed E-state index contributed by atoms with van der Waals surface area (Å²) in [5.41, 5.74) is 0. The largest absolute Gasteiger partial charge is 0.306 e. The third-order valence-corrected chi connectivity index (χ3v) is 4.73. The van der Waals surface area contributed by atoms with Gasteiger partial charge in [0.2, 0.25) is 0 Å². The Balaban J connectivity index is 1.85. The summed E-state index contributed by atoms with van der Waals surface area (Å²) in [6.07, 6.45) is 4.37. The molecule has 1 unspecified atom stereocenters. The number of nitrogens with zero attached hydrogens (tertiary/aromatic N) is 2. The maximum atomic E-state index is 4.39. The molecule has 1 aliphatic heterocycles. The van der Waals surface area contributed by atoms with Gasteiger partial charge < -0.3 is 10.2 Å². The SMILES string of the molecule is CC(NC1CCN(C)CC1)c1ncc(Br)s1. The molecular weight excluding hydrogens is 286 g/mol.